The lowest BCUT2D eigenvalue weighted by Crippen LogP contribution is -2.06. The maximum atomic E-state index is 13.9. The molecule has 30 heavy (non-hydrogen) atoms. The van der Waals surface area contributed by atoms with Gasteiger partial charge in [0.2, 0.25) is 5.90 Å². The van der Waals surface area contributed by atoms with Gasteiger partial charge in [-0.1, -0.05) is 48.0 Å². The number of aliphatic imine (C=N–C) groups is 1. The first kappa shape index (κ1) is 20.6. The monoisotopic (exact) mass is 533 g/mol. The van der Waals surface area contributed by atoms with Crippen LogP contribution in [0.25, 0.3) is 6.08 Å². The number of nitrogens with zero attached hydrogens (tertiary/aromatic N) is 1. The summed E-state index contributed by atoms with van der Waals surface area (Å²) in [5.74, 6) is -0.267. The average Bonchev–Trinajstić information content (AvgIpc) is 3.10. The summed E-state index contributed by atoms with van der Waals surface area (Å²) in [6.07, 6.45) is 1.58. The van der Waals surface area contributed by atoms with E-state index in [1.165, 1.54) is 6.07 Å². The number of carbonyl (C=O) groups is 1. The van der Waals surface area contributed by atoms with Crippen molar-refractivity contribution in [1.29, 1.82) is 0 Å². The van der Waals surface area contributed by atoms with E-state index in [9.17, 15) is 9.18 Å². The molecule has 0 saturated carbocycles. The van der Waals surface area contributed by atoms with E-state index in [1.54, 1.807) is 54.6 Å². The van der Waals surface area contributed by atoms with Crippen molar-refractivity contribution in [3.05, 3.63) is 104 Å². The average molecular weight is 534 g/mol. The molecule has 0 unspecified atom stereocenters. The van der Waals surface area contributed by atoms with Crippen LogP contribution < -0.4 is 4.74 Å². The van der Waals surface area contributed by atoms with Gasteiger partial charge in [-0.25, -0.2) is 14.2 Å². The van der Waals surface area contributed by atoms with Crippen LogP contribution >= 0.6 is 34.2 Å². The quantitative estimate of drug-likeness (QED) is 0.229. The molecule has 0 saturated heterocycles. The Morgan fingerprint density at radius 3 is 2.70 bits per heavy atom. The first-order valence-electron chi connectivity index (χ1n) is 8.94. The molecule has 0 bridgehead atoms. The molecule has 0 aromatic heterocycles. The second-order valence-electron chi connectivity index (χ2n) is 6.38. The van der Waals surface area contributed by atoms with Crippen molar-refractivity contribution >= 4 is 52.1 Å². The Morgan fingerprint density at radius 1 is 1.10 bits per heavy atom. The number of hydrogen-bond acceptors (Lipinski definition) is 4. The lowest BCUT2D eigenvalue weighted by molar-refractivity contribution is -0.129. The lowest BCUT2D eigenvalue weighted by atomic mass is 10.1. The van der Waals surface area contributed by atoms with Gasteiger partial charge in [0.05, 0.1) is 10.6 Å². The first-order chi connectivity index (χ1) is 14.5. The van der Waals surface area contributed by atoms with Crippen LogP contribution in [0.4, 0.5) is 4.39 Å². The summed E-state index contributed by atoms with van der Waals surface area (Å²) >= 11 is 8.37. The van der Waals surface area contributed by atoms with Gasteiger partial charge in [-0.3, -0.25) is 0 Å². The van der Waals surface area contributed by atoms with E-state index in [-0.39, 0.29) is 24.0 Å². The Bertz CT molecular complexity index is 1190. The van der Waals surface area contributed by atoms with Crippen molar-refractivity contribution in [3.63, 3.8) is 0 Å². The maximum absolute atomic E-state index is 13.9. The fourth-order valence-corrected chi connectivity index (χ4v) is 3.52. The van der Waals surface area contributed by atoms with Crippen LogP contribution in [0.3, 0.4) is 0 Å². The molecule has 0 spiro atoms. The minimum Gasteiger partial charge on any atom is -0.488 e. The van der Waals surface area contributed by atoms with Gasteiger partial charge in [0.15, 0.2) is 5.70 Å². The van der Waals surface area contributed by atoms with E-state index >= 15 is 0 Å². The fraction of sp³-hybridized carbons (Fsp3) is 0.0435. The number of esters is 1. The summed E-state index contributed by atoms with van der Waals surface area (Å²) in [7, 11) is 0. The fourth-order valence-electron chi connectivity index (χ4n) is 2.84. The molecule has 150 valence electrons. The molecule has 0 radical (unpaired) electrons. The standard InChI is InChI=1S/C23H14ClFINO3/c24-18-10-9-16(26)12-17(18)22-27-20(23(28)30-22)11-14-5-2-4-8-21(14)29-13-15-6-1-3-7-19(15)25/h1-12H,13H2/b20-11-. The van der Waals surface area contributed by atoms with Crippen LogP contribution in [0.1, 0.15) is 16.7 Å². The molecule has 4 rings (SSSR count). The van der Waals surface area contributed by atoms with E-state index in [0.29, 0.717) is 27.5 Å². The number of halogens is 3. The van der Waals surface area contributed by atoms with Crippen LogP contribution in [-0.4, -0.2) is 11.9 Å². The van der Waals surface area contributed by atoms with Crippen molar-refractivity contribution in [1.82, 2.24) is 0 Å². The predicted octanol–water partition coefficient (Wildman–Crippen LogP) is 6.01. The highest BCUT2D eigenvalue weighted by Crippen LogP contribution is 2.28. The third-order valence-corrected chi connectivity index (χ3v) is 5.33. The van der Waals surface area contributed by atoms with Crippen molar-refractivity contribution in [2.75, 3.05) is 0 Å². The van der Waals surface area contributed by atoms with Crippen LogP contribution in [0.15, 0.2) is 77.4 Å². The Kier molecular flexibility index (Phi) is 6.15. The first-order valence-corrected chi connectivity index (χ1v) is 10.4. The van der Waals surface area contributed by atoms with Gasteiger partial charge in [-0.05, 0) is 59.0 Å². The van der Waals surface area contributed by atoms with Crippen molar-refractivity contribution in [2.24, 2.45) is 4.99 Å². The summed E-state index contributed by atoms with van der Waals surface area (Å²) in [4.78, 5) is 16.7. The molecule has 1 aliphatic heterocycles. The Hall–Kier alpha value is -2.71. The molecular weight excluding hydrogens is 520 g/mol. The highest BCUT2D eigenvalue weighted by Gasteiger charge is 2.26. The van der Waals surface area contributed by atoms with Gasteiger partial charge in [0.25, 0.3) is 0 Å². The van der Waals surface area contributed by atoms with Crippen molar-refractivity contribution in [2.45, 2.75) is 6.61 Å². The second-order valence-corrected chi connectivity index (χ2v) is 8.03. The van der Waals surface area contributed by atoms with Gasteiger partial charge in [0.1, 0.15) is 18.2 Å². The molecule has 0 N–H and O–H groups in total. The third-order valence-electron chi connectivity index (χ3n) is 4.33. The summed E-state index contributed by atoms with van der Waals surface area (Å²) in [5.41, 5.74) is 1.74. The molecular formula is C23H14ClFINO3. The van der Waals surface area contributed by atoms with Gasteiger partial charge in [0, 0.05) is 14.7 Å². The Morgan fingerprint density at radius 2 is 1.87 bits per heavy atom. The number of carbonyl (C=O) groups excluding carboxylic acids is 1. The van der Waals surface area contributed by atoms with E-state index < -0.39 is 5.97 Å². The summed E-state index contributed by atoms with van der Waals surface area (Å²) in [6.45, 7) is 0.0594. The van der Waals surface area contributed by atoms with E-state index in [2.05, 4.69) is 27.6 Å². The van der Waals surface area contributed by atoms with E-state index in [4.69, 9.17) is 21.1 Å². The Balaban J connectivity index is 1.62. The number of hydrogen-bond donors (Lipinski definition) is 0. The normalized spacial score (nSPS) is 14.6. The van der Waals surface area contributed by atoms with Crippen LogP contribution in [0, 0.1) is 9.39 Å². The number of ether oxygens (including phenoxy) is 2. The largest absolute Gasteiger partial charge is 0.488 e. The van der Waals surface area contributed by atoms with E-state index in [0.717, 1.165) is 3.57 Å². The topological polar surface area (TPSA) is 47.9 Å². The van der Waals surface area contributed by atoms with Gasteiger partial charge in [-0.15, -0.1) is 0 Å². The molecule has 0 aliphatic carbocycles. The molecule has 1 aliphatic rings. The molecule has 1 heterocycles. The zero-order chi connectivity index (χ0) is 21.1. The highest BCUT2D eigenvalue weighted by molar-refractivity contribution is 14.1. The summed E-state index contributed by atoms with van der Waals surface area (Å²) in [6, 6.07) is 18.9. The van der Waals surface area contributed by atoms with Gasteiger partial charge in [-0.2, -0.15) is 0 Å². The zero-order valence-corrected chi connectivity index (χ0v) is 18.4. The minimum atomic E-state index is -0.580. The molecule has 4 nitrogen and oxygen atoms in total. The molecule has 3 aromatic carbocycles. The smallest absolute Gasteiger partial charge is 0.363 e. The molecule has 0 fully saturated rings. The highest BCUT2D eigenvalue weighted by atomic mass is 127. The lowest BCUT2D eigenvalue weighted by Gasteiger charge is -2.10. The van der Waals surface area contributed by atoms with Gasteiger partial charge < -0.3 is 9.47 Å². The van der Waals surface area contributed by atoms with Crippen molar-refractivity contribution < 1.29 is 18.7 Å². The number of para-hydroxylation sites is 1. The molecule has 7 heteroatoms. The van der Waals surface area contributed by atoms with Gasteiger partial charge >= 0.3 is 5.97 Å². The zero-order valence-electron chi connectivity index (χ0n) is 15.4. The summed E-state index contributed by atoms with van der Waals surface area (Å²) in [5, 5.41) is 0.442. The molecule has 0 atom stereocenters. The van der Waals surface area contributed by atoms with Crippen LogP contribution in [-0.2, 0) is 16.1 Å². The number of rotatable bonds is 5. The van der Waals surface area contributed by atoms with E-state index in [1.807, 2.05) is 12.1 Å². The van der Waals surface area contributed by atoms with Crippen LogP contribution in [0.5, 0.6) is 5.75 Å². The number of benzene rings is 3. The second kappa shape index (κ2) is 8.97. The molecule has 3 aromatic rings. The summed E-state index contributed by atoms with van der Waals surface area (Å²) < 4.78 is 25.9. The third kappa shape index (κ3) is 4.55. The maximum Gasteiger partial charge on any atom is 0.363 e. The SMILES string of the molecule is O=C1OC(c2cc(I)ccc2Cl)=N/C1=C\c1ccccc1OCc1ccccc1F. The Labute approximate surface area is 191 Å². The minimum absolute atomic E-state index is 0.0594. The van der Waals surface area contributed by atoms with Crippen molar-refractivity contribution in [3.8, 4) is 5.75 Å². The molecule has 0 amide bonds. The van der Waals surface area contributed by atoms with Crippen LogP contribution in [0.2, 0.25) is 5.02 Å². The predicted molar refractivity (Wildman–Crippen MR) is 122 cm³/mol. The number of cyclic esters (lactones) is 1.